The quantitative estimate of drug-likeness (QED) is 0.810. The molecule has 1 unspecified atom stereocenters. The van der Waals surface area contributed by atoms with Crippen LogP contribution in [-0.2, 0) is 10.0 Å². The summed E-state index contributed by atoms with van der Waals surface area (Å²) >= 11 is 0. The number of benzene rings is 2. The van der Waals surface area contributed by atoms with Gasteiger partial charge >= 0.3 is 0 Å². The first-order valence-electron chi connectivity index (χ1n) is 9.51. The Balaban J connectivity index is 1.87. The number of allylic oxidation sites excluding steroid dienone is 3. The van der Waals surface area contributed by atoms with Gasteiger partial charge in [-0.05, 0) is 61.1 Å². The summed E-state index contributed by atoms with van der Waals surface area (Å²) in [5.74, 6) is 0.252. The van der Waals surface area contributed by atoms with Gasteiger partial charge < -0.3 is 10.6 Å². The van der Waals surface area contributed by atoms with E-state index in [4.69, 9.17) is 10.9 Å². The summed E-state index contributed by atoms with van der Waals surface area (Å²) in [6, 6.07) is 18.6. The standard InChI is InChI=1S/C22H22N4O2S/c23-14-19-21(15-6-2-1-3-7-15)18-8-4-5-9-20(18)26(22(19)24)16-10-12-17(13-11-16)29(25,27)28/h1-3,6-7,10-13,21H,4-5,8-9,24H2,(H2,25,27,28). The van der Waals surface area contributed by atoms with Crippen molar-refractivity contribution in [3.8, 4) is 6.07 Å². The Morgan fingerprint density at radius 3 is 2.28 bits per heavy atom. The van der Waals surface area contributed by atoms with E-state index in [9.17, 15) is 13.7 Å². The Labute approximate surface area is 170 Å². The minimum absolute atomic E-state index is 0.0429. The Morgan fingerprint density at radius 1 is 1.00 bits per heavy atom. The lowest BCUT2D eigenvalue weighted by atomic mass is 9.76. The van der Waals surface area contributed by atoms with Crippen LogP contribution in [-0.4, -0.2) is 8.42 Å². The van der Waals surface area contributed by atoms with Gasteiger partial charge in [0.1, 0.15) is 5.82 Å². The molecule has 0 aromatic heterocycles. The summed E-state index contributed by atoms with van der Waals surface area (Å²) < 4.78 is 23.2. The van der Waals surface area contributed by atoms with Crippen LogP contribution in [0.3, 0.4) is 0 Å². The Morgan fingerprint density at radius 2 is 1.66 bits per heavy atom. The van der Waals surface area contributed by atoms with E-state index in [0.717, 1.165) is 42.6 Å². The average Bonchev–Trinajstić information content (AvgIpc) is 2.73. The lowest BCUT2D eigenvalue weighted by molar-refractivity contribution is 0.597. The number of rotatable bonds is 3. The number of nitriles is 1. The van der Waals surface area contributed by atoms with E-state index in [1.165, 1.54) is 17.7 Å². The number of hydrogen-bond acceptors (Lipinski definition) is 5. The largest absolute Gasteiger partial charge is 0.384 e. The van der Waals surface area contributed by atoms with Gasteiger partial charge in [0.25, 0.3) is 0 Å². The fourth-order valence-corrected chi connectivity index (χ4v) is 4.80. The highest BCUT2D eigenvalue weighted by Crippen LogP contribution is 2.47. The van der Waals surface area contributed by atoms with E-state index in [2.05, 4.69) is 6.07 Å². The predicted octanol–water partition coefficient (Wildman–Crippen LogP) is 3.46. The monoisotopic (exact) mass is 406 g/mol. The highest BCUT2D eigenvalue weighted by atomic mass is 32.2. The van der Waals surface area contributed by atoms with Crippen molar-refractivity contribution >= 4 is 15.7 Å². The second-order valence-corrected chi connectivity index (χ2v) is 8.87. The van der Waals surface area contributed by atoms with E-state index >= 15 is 0 Å². The van der Waals surface area contributed by atoms with Crippen molar-refractivity contribution < 1.29 is 8.42 Å². The van der Waals surface area contributed by atoms with Gasteiger partial charge in [0.15, 0.2) is 0 Å². The number of nitrogens with zero attached hydrogens (tertiary/aromatic N) is 2. The smallest absolute Gasteiger partial charge is 0.238 e. The number of sulfonamides is 1. The maximum Gasteiger partial charge on any atom is 0.238 e. The predicted molar refractivity (Wildman–Crippen MR) is 112 cm³/mol. The zero-order valence-corrected chi connectivity index (χ0v) is 16.7. The van der Waals surface area contributed by atoms with Crippen molar-refractivity contribution in [3.63, 3.8) is 0 Å². The van der Waals surface area contributed by atoms with Gasteiger partial charge in [0.2, 0.25) is 10.0 Å². The van der Waals surface area contributed by atoms with Gasteiger partial charge in [0, 0.05) is 17.3 Å². The maximum atomic E-state index is 11.6. The molecule has 2 aromatic carbocycles. The molecule has 148 valence electrons. The molecular weight excluding hydrogens is 384 g/mol. The van der Waals surface area contributed by atoms with Crippen molar-refractivity contribution in [1.29, 1.82) is 5.26 Å². The zero-order chi connectivity index (χ0) is 20.6. The molecule has 0 saturated carbocycles. The summed E-state index contributed by atoms with van der Waals surface area (Å²) in [7, 11) is -3.77. The molecule has 2 aliphatic rings. The van der Waals surface area contributed by atoms with Crippen LogP contribution in [0.5, 0.6) is 0 Å². The molecule has 29 heavy (non-hydrogen) atoms. The molecule has 0 bridgehead atoms. The van der Waals surface area contributed by atoms with E-state index in [1.54, 1.807) is 12.1 Å². The molecule has 1 aliphatic carbocycles. The van der Waals surface area contributed by atoms with Gasteiger partial charge in [-0.25, -0.2) is 13.6 Å². The van der Waals surface area contributed by atoms with Crippen LogP contribution in [0.2, 0.25) is 0 Å². The fraction of sp³-hybridized carbons (Fsp3) is 0.227. The second kappa shape index (κ2) is 7.39. The summed E-state index contributed by atoms with van der Waals surface area (Å²) in [6.45, 7) is 0. The van der Waals surface area contributed by atoms with E-state index in [0.29, 0.717) is 11.4 Å². The molecule has 1 heterocycles. The molecule has 1 atom stereocenters. The van der Waals surface area contributed by atoms with E-state index in [1.807, 2.05) is 35.2 Å². The van der Waals surface area contributed by atoms with Gasteiger partial charge in [-0.15, -0.1) is 0 Å². The number of hydrogen-bond donors (Lipinski definition) is 2. The van der Waals surface area contributed by atoms with Crippen LogP contribution in [0.15, 0.2) is 82.2 Å². The van der Waals surface area contributed by atoms with Crippen LogP contribution in [0.25, 0.3) is 0 Å². The number of anilines is 1. The third-order valence-corrected chi connectivity index (χ3v) is 6.51. The SMILES string of the molecule is N#CC1=C(N)N(c2ccc(S(N)(=O)=O)cc2)C2=C(CCCC2)C1c1ccccc1. The van der Waals surface area contributed by atoms with Crippen LogP contribution in [0, 0.1) is 11.3 Å². The number of primary sulfonamides is 1. The van der Waals surface area contributed by atoms with Crippen molar-refractivity contribution in [2.24, 2.45) is 10.9 Å². The molecule has 4 N–H and O–H groups in total. The Kier molecular flexibility index (Phi) is 4.91. The van der Waals surface area contributed by atoms with Crippen molar-refractivity contribution in [3.05, 3.63) is 82.8 Å². The molecule has 1 aliphatic heterocycles. The van der Waals surface area contributed by atoms with Crippen molar-refractivity contribution in [1.82, 2.24) is 0 Å². The first-order chi connectivity index (χ1) is 13.9. The highest BCUT2D eigenvalue weighted by molar-refractivity contribution is 7.89. The molecule has 4 rings (SSSR count). The minimum Gasteiger partial charge on any atom is -0.384 e. The van der Waals surface area contributed by atoms with Crippen molar-refractivity contribution in [2.45, 2.75) is 36.5 Å². The average molecular weight is 407 g/mol. The zero-order valence-electron chi connectivity index (χ0n) is 15.9. The molecule has 0 radical (unpaired) electrons. The minimum atomic E-state index is -3.77. The maximum absolute atomic E-state index is 11.6. The van der Waals surface area contributed by atoms with Crippen LogP contribution >= 0.6 is 0 Å². The van der Waals surface area contributed by atoms with Gasteiger partial charge in [0.05, 0.1) is 16.5 Å². The van der Waals surface area contributed by atoms with Gasteiger partial charge in [-0.2, -0.15) is 5.26 Å². The molecule has 2 aromatic rings. The molecule has 0 amide bonds. The van der Waals surface area contributed by atoms with Crippen molar-refractivity contribution in [2.75, 3.05) is 4.90 Å². The first kappa shape index (κ1) is 19.2. The first-order valence-corrected chi connectivity index (χ1v) is 11.1. The third-order valence-electron chi connectivity index (χ3n) is 5.58. The summed E-state index contributed by atoms with van der Waals surface area (Å²) in [6.07, 6.45) is 3.87. The summed E-state index contributed by atoms with van der Waals surface area (Å²) in [4.78, 5) is 1.95. The Bertz CT molecular complexity index is 1140. The summed E-state index contributed by atoms with van der Waals surface area (Å²) in [5, 5.41) is 15.2. The van der Waals surface area contributed by atoms with Gasteiger partial charge in [-0.1, -0.05) is 30.3 Å². The molecule has 0 fully saturated rings. The molecule has 7 heteroatoms. The third kappa shape index (κ3) is 3.41. The van der Waals surface area contributed by atoms with Crippen LogP contribution in [0.1, 0.15) is 37.2 Å². The van der Waals surface area contributed by atoms with Crippen LogP contribution in [0.4, 0.5) is 5.69 Å². The fourth-order valence-electron chi connectivity index (χ4n) is 4.28. The van der Waals surface area contributed by atoms with E-state index < -0.39 is 10.0 Å². The topological polar surface area (TPSA) is 113 Å². The second-order valence-electron chi connectivity index (χ2n) is 7.31. The van der Waals surface area contributed by atoms with Crippen LogP contribution < -0.4 is 15.8 Å². The molecule has 0 saturated heterocycles. The highest BCUT2D eigenvalue weighted by Gasteiger charge is 2.36. The van der Waals surface area contributed by atoms with E-state index in [-0.39, 0.29) is 10.8 Å². The Hall–Kier alpha value is -3.08. The number of nitrogens with two attached hydrogens (primary N) is 2. The lowest BCUT2D eigenvalue weighted by Crippen LogP contribution is -2.36. The molecule has 0 spiro atoms. The molecular formula is C22H22N4O2S. The normalized spacial score (nSPS) is 19.7. The summed E-state index contributed by atoms with van der Waals surface area (Å²) in [5.41, 5.74) is 11.2. The lowest BCUT2D eigenvalue weighted by Gasteiger charge is -2.40. The van der Waals surface area contributed by atoms with Gasteiger partial charge in [-0.3, -0.25) is 0 Å². The molecule has 6 nitrogen and oxygen atoms in total.